The van der Waals surface area contributed by atoms with Gasteiger partial charge in [-0.3, -0.25) is 10.2 Å². The lowest BCUT2D eigenvalue weighted by Gasteiger charge is -2.34. The molecule has 1 aromatic carbocycles. The van der Waals surface area contributed by atoms with Gasteiger partial charge >= 0.3 is 6.09 Å². The molecule has 1 amide bonds. The second-order valence-electron chi connectivity index (χ2n) is 7.32. The highest BCUT2D eigenvalue weighted by atomic mass is 16.6. The Balaban J connectivity index is 1.32. The van der Waals surface area contributed by atoms with Crippen LogP contribution in [0.2, 0.25) is 0 Å². The monoisotopic (exact) mass is 344 g/mol. The standard InChI is InChI=1S/C20H28N2O3/c23-19-8-6-16(7-9-19)14-17-10-12-22(13-11-17)21-20(24)25-15-18-4-2-1-3-5-18/h1-5,16-17H,6-15H2,(H,21,24). The van der Waals surface area contributed by atoms with Crippen molar-refractivity contribution in [1.29, 1.82) is 0 Å². The van der Waals surface area contributed by atoms with Crippen LogP contribution in [0, 0.1) is 11.8 Å². The van der Waals surface area contributed by atoms with Crippen LogP contribution < -0.4 is 5.43 Å². The lowest BCUT2D eigenvalue weighted by Crippen LogP contribution is -2.47. The maximum Gasteiger partial charge on any atom is 0.422 e. The van der Waals surface area contributed by atoms with Gasteiger partial charge in [0.2, 0.25) is 0 Å². The number of hydrogen-bond acceptors (Lipinski definition) is 4. The first kappa shape index (κ1) is 17.9. The van der Waals surface area contributed by atoms with Crippen molar-refractivity contribution in [3.63, 3.8) is 0 Å². The number of carbonyl (C=O) groups is 2. The van der Waals surface area contributed by atoms with Gasteiger partial charge in [-0.2, -0.15) is 0 Å². The second-order valence-corrected chi connectivity index (χ2v) is 7.32. The van der Waals surface area contributed by atoms with Crippen LogP contribution in [-0.4, -0.2) is 30.0 Å². The summed E-state index contributed by atoms with van der Waals surface area (Å²) in [5.41, 5.74) is 3.83. The van der Waals surface area contributed by atoms with Crippen LogP contribution in [-0.2, 0) is 16.1 Å². The number of Topliss-reactive ketones (excluding diaryl/α,β-unsaturated/α-hetero) is 1. The number of benzene rings is 1. The molecule has 1 N–H and O–H groups in total. The fourth-order valence-corrected chi connectivity index (χ4v) is 3.87. The number of piperidine rings is 1. The molecule has 5 nitrogen and oxygen atoms in total. The molecule has 1 aromatic rings. The lowest BCUT2D eigenvalue weighted by atomic mass is 9.79. The Labute approximate surface area is 149 Å². The fourth-order valence-electron chi connectivity index (χ4n) is 3.87. The number of hydrazine groups is 1. The highest BCUT2D eigenvalue weighted by Crippen LogP contribution is 2.31. The molecule has 2 fully saturated rings. The van der Waals surface area contributed by atoms with Crippen molar-refractivity contribution in [2.24, 2.45) is 11.8 Å². The van der Waals surface area contributed by atoms with Crippen LogP contribution in [0.3, 0.4) is 0 Å². The molecule has 0 radical (unpaired) electrons. The Morgan fingerprint density at radius 3 is 2.36 bits per heavy atom. The van der Waals surface area contributed by atoms with E-state index in [2.05, 4.69) is 5.43 Å². The van der Waals surface area contributed by atoms with E-state index in [-0.39, 0.29) is 6.09 Å². The van der Waals surface area contributed by atoms with E-state index in [4.69, 9.17) is 4.74 Å². The molecule has 0 spiro atoms. The minimum Gasteiger partial charge on any atom is -0.444 e. The molecule has 25 heavy (non-hydrogen) atoms. The number of nitrogens with one attached hydrogen (secondary N) is 1. The van der Waals surface area contributed by atoms with Crippen LogP contribution >= 0.6 is 0 Å². The van der Waals surface area contributed by atoms with E-state index in [0.717, 1.165) is 69.0 Å². The second kappa shape index (κ2) is 8.99. The van der Waals surface area contributed by atoms with Crippen molar-refractivity contribution >= 4 is 11.9 Å². The summed E-state index contributed by atoms with van der Waals surface area (Å²) in [6.07, 6.45) is 6.75. The summed E-state index contributed by atoms with van der Waals surface area (Å²) in [7, 11) is 0. The maximum absolute atomic E-state index is 11.9. The van der Waals surface area contributed by atoms with Gasteiger partial charge in [0.1, 0.15) is 12.4 Å². The van der Waals surface area contributed by atoms with Gasteiger partial charge in [0.05, 0.1) is 0 Å². The first-order valence-corrected chi connectivity index (χ1v) is 9.43. The minimum atomic E-state index is -0.381. The Morgan fingerprint density at radius 1 is 1.04 bits per heavy atom. The van der Waals surface area contributed by atoms with Gasteiger partial charge in [0.25, 0.3) is 0 Å². The average molecular weight is 344 g/mol. The van der Waals surface area contributed by atoms with E-state index in [1.807, 2.05) is 35.3 Å². The molecule has 2 aliphatic rings. The Bertz CT molecular complexity index is 558. The minimum absolute atomic E-state index is 0.295. The van der Waals surface area contributed by atoms with Gasteiger partial charge in [-0.15, -0.1) is 0 Å². The van der Waals surface area contributed by atoms with E-state index in [1.54, 1.807) is 0 Å². The molecule has 136 valence electrons. The molecule has 1 heterocycles. The zero-order valence-corrected chi connectivity index (χ0v) is 14.8. The van der Waals surface area contributed by atoms with Crippen LogP contribution in [0.5, 0.6) is 0 Å². The number of nitrogens with zero attached hydrogens (tertiary/aromatic N) is 1. The van der Waals surface area contributed by atoms with Crippen molar-refractivity contribution in [2.75, 3.05) is 13.1 Å². The lowest BCUT2D eigenvalue weighted by molar-refractivity contribution is -0.121. The number of carbonyl (C=O) groups excluding carboxylic acids is 2. The maximum atomic E-state index is 11.9. The Kier molecular flexibility index (Phi) is 6.45. The largest absolute Gasteiger partial charge is 0.444 e. The zero-order chi connectivity index (χ0) is 17.5. The van der Waals surface area contributed by atoms with E-state index in [1.165, 1.54) is 6.42 Å². The summed E-state index contributed by atoms with van der Waals surface area (Å²) in [6.45, 7) is 2.04. The van der Waals surface area contributed by atoms with Crippen molar-refractivity contribution in [1.82, 2.24) is 10.4 Å². The summed E-state index contributed by atoms with van der Waals surface area (Å²) in [6, 6.07) is 9.70. The van der Waals surface area contributed by atoms with Gasteiger partial charge < -0.3 is 4.74 Å². The van der Waals surface area contributed by atoms with Gasteiger partial charge in [0, 0.05) is 25.9 Å². The predicted molar refractivity (Wildman–Crippen MR) is 95.6 cm³/mol. The highest BCUT2D eigenvalue weighted by Gasteiger charge is 2.26. The molecule has 0 aromatic heterocycles. The molecule has 1 aliphatic heterocycles. The number of amides is 1. The third kappa shape index (κ3) is 5.85. The topological polar surface area (TPSA) is 58.6 Å². The summed E-state index contributed by atoms with van der Waals surface area (Å²) in [5.74, 6) is 1.87. The molecule has 3 rings (SSSR count). The van der Waals surface area contributed by atoms with E-state index < -0.39 is 0 Å². The van der Waals surface area contributed by atoms with Gasteiger partial charge in [-0.1, -0.05) is 30.3 Å². The Morgan fingerprint density at radius 2 is 1.68 bits per heavy atom. The third-order valence-electron chi connectivity index (χ3n) is 5.41. The number of ether oxygens (including phenoxy) is 1. The van der Waals surface area contributed by atoms with E-state index >= 15 is 0 Å². The van der Waals surface area contributed by atoms with Crippen LogP contribution in [0.4, 0.5) is 4.79 Å². The van der Waals surface area contributed by atoms with Gasteiger partial charge in [-0.25, -0.2) is 9.80 Å². The van der Waals surface area contributed by atoms with Crippen molar-refractivity contribution in [2.45, 2.75) is 51.6 Å². The number of rotatable bonds is 5. The highest BCUT2D eigenvalue weighted by molar-refractivity contribution is 5.79. The van der Waals surface area contributed by atoms with Gasteiger partial charge in [0.15, 0.2) is 0 Å². The molecule has 0 bridgehead atoms. The normalized spacial score (nSPS) is 20.4. The first-order valence-electron chi connectivity index (χ1n) is 9.43. The Hall–Kier alpha value is -1.88. The molecule has 1 saturated heterocycles. The summed E-state index contributed by atoms with van der Waals surface area (Å²) < 4.78 is 5.27. The smallest absolute Gasteiger partial charge is 0.422 e. The molecular formula is C20H28N2O3. The van der Waals surface area contributed by atoms with Crippen molar-refractivity contribution in [3.05, 3.63) is 35.9 Å². The predicted octanol–water partition coefficient (Wildman–Crippen LogP) is 3.69. The SMILES string of the molecule is O=C1CCC(CC2CCN(NC(=O)OCc3ccccc3)CC2)CC1. The molecule has 0 unspecified atom stereocenters. The summed E-state index contributed by atoms with van der Waals surface area (Å²) in [5, 5.41) is 1.97. The van der Waals surface area contributed by atoms with Gasteiger partial charge in [-0.05, 0) is 49.5 Å². The van der Waals surface area contributed by atoms with Crippen molar-refractivity contribution in [3.8, 4) is 0 Å². The number of hydrogen-bond donors (Lipinski definition) is 1. The van der Waals surface area contributed by atoms with E-state index in [0.29, 0.717) is 12.4 Å². The third-order valence-corrected chi connectivity index (χ3v) is 5.41. The number of ketones is 1. The zero-order valence-electron chi connectivity index (χ0n) is 14.8. The fraction of sp³-hybridized carbons (Fsp3) is 0.600. The molecule has 1 aliphatic carbocycles. The van der Waals surface area contributed by atoms with E-state index in [9.17, 15) is 9.59 Å². The molecular weight excluding hydrogens is 316 g/mol. The average Bonchev–Trinajstić information content (AvgIpc) is 2.64. The van der Waals surface area contributed by atoms with Crippen LogP contribution in [0.1, 0.15) is 50.5 Å². The van der Waals surface area contributed by atoms with Crippen LogP contribution in [0.25, 0.3) is 0 Å². The molecule has 5 heteroatoms. The van der Waals surface area contributed by atoms with Crippen molar-refractivity contribution < 1.29 is 14.3 Å². The summed E-state index contributed by atoms with van der Waals surface area (Å²) >= 11 is 0. The quantitative estimate of drug-likeness (QED) is 0.885. The summed E-state index contributed by atoms with van der Waals surface area (Å²) in [4.78, 5) is 23.2. The molecule has 0 atom stereocenters. The first-order chi connectivity index (χ1) is 12.2. The molecule has 1 saturated carbocycles. The van der Waals surface area contributed by atoms with Crippen LogP contribution in [0.15, 0.2) is 30.3 Å².